The predicted molar refractivity (Wildman–Crippen MR) is 133 cm³/mol. The lowest BCUT2D eigenvalue weighted by Crippen LogP contribution is -2.50. The highest BCUT2D eigenvalue weighted by atomic mass is 16.2. The molecule has 0 radical (unpaired) electrons. The fourth-order valence-corrected chi connectivity index (χ4v) is 5.07. The first-order chi connectivity index (χ1) is 16.9. The average molecular weight is 469 g/mol. The summed E-state index contributed by atoms with van der Waals surface area (Å²) in [5.74, 6) is 2.08. The zero-order chi connectivity index (χ0) is 24.3. The van der Waals surface area contributed by atoms with Crippen LogP contribution in [0.15, 0.2) is 36.9 Å². The van der Waals surface area contributed by atoms with Gasteiger partial charge < -0.3 is 9.88 Å². The lowest BCUT2D eigenvalue weighted by molar-refractivity contribution is -0.121. The number of nitrogens with zero attached hydrogens (tertiary/aromatic N) is 6. The summed E-state index contributed by atoms with van der Waals surface area (Å²) in [4.78, 5) is 35.8. The lowest BCUT2D eigenvalue weighted by Gasteiger charge is -2.28. The zero-order valence-electron chi connectivity index (χ0n) is 20.3. The van der Waals surface area contributed by atoms with Crippen molar-refractivity contribution in [3.05, 3.63) is 48.3 Å². The Bertz CT molecular complexity index is 1460. The molecule has 178 valence electrons. The van der Waals surface area contributed by atoms with E-state index in [1.54, 1.807) is 18.7 Å². The fourth-order valence-electron chi connectivity index (χ4n) is 5.07. The summed E-state index contributed by atoms with van der Waals surface area (Å²) in [6.07, 6.45) is 7.57. The summed E-state index contributed by atoms with van der Waals surface area (Å²) in [5, 5.41) is 6.66. The first-order valence-electron chi connectivity index (χ1n) is 12.1. The van der Waals surface area contributed by atoms with E-state index in [9.17, 15) is 4.79 Å². The number of carbonyl (C=O) groups is 1. The second-order valence-corrected chi connectivity index (χ2v) is 9.70. The molecule has 3 aromatic heterocycles. The van der Waals surface area contributed by atoms with Crippen molar-refractivity contribution in [2.75, 3.05) is 5.32 Å². The summed E-state index contributed by atoms with van der Waals surface area (Å²) in [7, 11) is 0. The van der Waals surface area contributed by atoms with Gasteiger partial charge in [-0.2, -0.15) is 0 Å². The van der Waals surface area contributed by atoms with Crippen LogP contribution in [-0.2, 0) is 16.9 Å². The minimum atomic E-state index is -0.799. The quantitative estimate of drug-likeness (QED) is 0.442. The maximum absolute atomic E-state index is 13.0. The zero-order valence-corrected chi connectivity index (χ0v) is 20.3. The van der Waals surface area contributed by atoms with E-state index in [0.717, 1.165) is 39.5 Å². The third kappa shape index (κ3) is 3.49. The molecule has 4 heterocycles. The summed E-state index contributed by atoms with van der Waals surface area (Å²) < 4.78 is 2.05. The highest BCUT2D eigenvalue weighted by Gasteiger charge is 2.45. The molecule has 0 bridgehead atoms. The van der Waals surface area contributed by atoms with Crippen molar-refractivity contribution in [1.29, 1.82) is 0 Å². The van der Waals surface area contributed by atoms with Gasteiger partial charge in [0.15, 0.2) is 5.65 Å². The number of nitrogens with one attached hydrogen (secondary N) is 2. The molecule has 1 amide bonds. The van der Waals surface area contributed by atoms with Crippen LogP contribution in [0.5, 0.6) is 0 Å². The molecule has 0 spiro atoms. The van der Waals surface area contributed by atoms with Crippen molar-refractivity contribution in [1.82, 2.24) is 34.8 Å². The van der Waals surface area contributed by atoms with Gasteiger partial charge >= 0.3 is 0 Å². The van der Waals surface area contributed by atoms with Crippen LogP contribution in [0, 0.1) is 12.8 Å². The summed E-state index contributed by atoms with van der Waals surface area (Å²) in [5.41, 5.74) is 4.89. The van der Waals surface area contributed by atoms with Crippen molar-refractivity contribution >= 4 is 22.8 Å². The van der Waals surface area contributed by atoms with E-state index in [1.165, 1.54) is 12.8 Å². The van der Waals surface area contributed by atoms with Crippen LogP contribution in [0.4, 0.5) is 5.69 Å². The Morgan fingerprint density at radius 2 is 1.94 bits per heavy atom. The molecule has 0 saturated heterocycles. The number of aromatic nitrogens is 6. The van der Waals surface area contributed by atoms with E-state index in [1.807, 2.05) is 26.0 Å². The Hall–Kier alpha value is -3.72. The third-order valence-electron chi connectivity index (χ3n) is 7.27. The minimum absolute atomic E-state index is 0.0260. The number of aryl methyl sites for hydroxylation is 2. The summed E-state index contributed by atoms with van der Waals surface area (Å²) >= 11 is 0. The van der Waals surface area contributed by atoms with Gasteiger partial charge in [-0.25, -0.2) is 24.9 Å². The van der Waals surface area contributed by atoms with E-state index in [0.29, 0.717) is 23.8 Å². The Labute approximate surface area is 203 Å². The Morgan fingerprint density at radius 3 is 2.66 bits per heavy atom. The van der Waals surface area contributed by atoms with Gasteiger partial charge in [-0.3, -0.25) is 10.1 Å². The number of benzene rings is 1. The Balaban J connectivity index is 1.47. The van der Waals surface area contributed by atoms with Crippen LogP contribution in [0.25, 0.3) is 33.8 Å². The van der Waals surface area contributed by atoms with Crippen LogP contribution in [0.1, 0.15) is 45.0 Å². The largest absolute Gasteiger partial charge is 0.324 e. The number of hydrogen-bond donors (Lipinski definition) is 2. The number of carbonyl (C=O) groups excluding carboxylic acids is 1. The van der Waals surface area contributed by atoms with Gasteiger partial charge in [0.05, 0.1) is 5.56 Å². The molecule has 9 heteroatoms. The average Bonchev–Trinajstić information content (AvgIpc) is 3.60. The number of anilines is 1. The molecule has 6 rings (SSSR count). The molecule has 1 unspecified atom stereocenters. The molecule has 9 nitrogen and oxygen atoms in total. The molecule has 4 aromatic rings. The van der Waals surface area contributed by atoms with E-state index in [-0.39, 0.29) is 11.9 Å². The maximum atomic E-state index is 13.0. The SMILES string of the molecule is CCn1c(-c2cnc(C)nc2)nc2c(-c3ccc4c(c3)C(C)(N[C@H](C)C3CC3)C(=O)N4)ncnc21. The second kappa shape index (κ2) is 7.91. The smallest absolute Gasteiger partial charge is 0.249 e. The first-order valence-corrected chi connectivity index (χ1v) is 12.1. The number of fused-ring (bicyclic) bond motifs is 2. The predicted octanol–water partition coefficient (Wildman–Crippen LogP) is 3.83. The molecule has 2 aliphatic rings. The van der Waals surface area contributed by atoms with E-state index < -0.39 is 5.54 Å². The highest BCUT2D eigenvalue weighted by Crippen LogP contribution is 2.41. The number of hydrogen-bond acceptors (Lipinski definition) is 7. The van der Waals surface area contributed by atoms with Crippen molar-refractivity contribution in [2.45, 2.75) is 58.7 Å². The molecule has 2 N–H and O–H groups in total. The van der Waals surface area contributed by atoms with Gasteiger partial charge in [0, 0.05) is 41.8 Å². The monoisotopic (exact) mass is 468 g/mol. The van der Waals surface area contributed by atoms with Gasteiger partial charge in [-0.15, -0.1) is 0 Å². The summed E-state index contributed by atoms with van der Waals surface area (Å²) in [6.45, 7) is 8.75. The fraction of sp³-hybridized carbons (Fsp3) is 0.385. The van der Waals surface area contributed by atoms with Crippen molar-refractivity contribution < 1.29 is 4.79 Å². The van der Waals surface area contributed by atoms with E-state index >= 15 is 0 Å². The van der Waals surface area contributed by atoms with Gasteiger partial charge in [0.25, 0.3) is 0 Å². The molecule has 1 aliphatic heterocycles. The minimum Gasteiger partial charge on any atom is -0.324 e. The van der Waals surface area contributed by atoms with Gasteiger partial charge in [0.2, 0.25) is 5.91 Å². The van der Waals surface area contributed by atoms with Gasteiger partial charge in [-0.1, -0.05) is 6.07 Å². The molecular formula is C26H28N8O. The standard InChI is InChI=1S/C26H28N8O/c1-5-34-23(18-11-27-15(3)28-12-18)32-22-21(29-13-30-24(22)34)17-8-9-20-19(10-17)26(4,25(35)31-20)33-14(2)16-6-7-16/h8-14,16,33H,5-7H2,1-4H3,(H,31,35)/t14-,26?/m1/s1. The normalized spacial score (nSPS) is 20.2. The van der Waals surface area contributed by atoms with Crippen LogP contribution in [0.2, 0.25) is 0 Å². The topological polar surface area (TPSA) is 111 Å². The van der Waals surface area contributed by atoms with Crippen molar-refractivity contribution in [3.8, 4) is 22.6 Å². The van der Waals surface area contributed by atoms with Crippen LogP contribution < -0.4 is 10.6 Å². The first kappa shape index (κ1) is 21.8. The molecule has 2 atom stereocenters. The molecule has 1 aromatic carbocycles. The molecular weight excluding hydrogens is 440 g/mol. The van der Waals surface area contributed by atoms with Crippen LogP contribution >= 0.6 is 0 Å². The summed E-state index contributed by atoms with van der Waals surface area (Å²) in [6, 6.07) is 6.26. The van der Waals surface area contributed by atoms with E-state index in [2.05, 4.69) is 55.1 Å². The third-order valence-corrected chi connectivity index (χ3v) is 7.27. The maximum Gasteiger partial charge on any atom is 0.249 e. The van der Waals surface area contributed by atoms with Crippen LogP contribution in [0.3, 0.4) is 0 Å². The van der Waals surface area contributed by atoms with Crippen molar-refractivity contribution in [2.24, 2.45) is 5.92 Å². The molecule has 1 aliphatic carbocycles. The van der Waals surface area contributed by atoms with Crippen molar-refractivity contribution in [3.63, 3.8) is 0 Å². The Morgan fingerprint density at radius 1 is 1.17 bits per heavy atom. The molecule has 35 heavy (non-hydrogen) atoms. The van der Waals surface area contributed by atoms with Gasteiger partial charge in [0.1, 0.15) is 34.7 Å². The molecule has 1 fully saturated rings. The Kier molecular flexibility index (Phi) is 4.93. The number of imidazole rings is 1. The van der Waals surface area contributed by atoms with E-state index in [4.69, 9.17) is 4.98 Å². The second-order valence-electron chi connectivity index (χ2n) is 9.70. The van der Waals surface area contributed by atoms with Crippen LogP contribution in [-0.4, -0.2) is 41.4 Å². The van der Waals surface area contributed by atoms with Gasteiger partial charge in [-0.05, 0) is 58.6 Å². The molecule has 1 saturated carbocycles. The highest BCUT2D eigenvalue weighted by molar-refractivity contribution is 6.06. The number of amides is 1. The lowest BCUT2D eigenvalue weighted by atomic mass is 9.90. The number of rotatable bonds is 6.